The van der Waals surface area contributed by atoms with Gasteiger partial charge in [-0.05, 0) is 12.8 Å². The van der Waals surface area contributed by atoms with Crippen LogP contribution in [0.3, 0.4) is 0 Å². The van der Waals surface area contributed by atoms with Crippen LogP contribution in [0.2, 0.25) is 0 Å². The molecule has 5 heteroatoms. The Morgan fingerprint density at radius 1 is 1.31 bits per heavy atom. The van der Waals surface area contributed by atoms with Gasteiger partial charge in [-0.3, -0.25) is 4.79 Å². The molecule has 1 saturated carbocycles. The van der Waals surface area contributed by atoms with Gasteiger partial charge in [-0.1, -0.05) is 0 Å². The lowest BCUT2D eigenvalue weighted by molar-refractivity contribution is -0.139. The van der Waals surface area contributed by atoms with E-state index in [0.29, 0.717) is 0 Å². The van der Waals surface area contributed by atoms with Gasteiger partial charge in [0.05, 0.1) is 12.0 Å². The Kier molecular flexibility index (Phi) is 2.56. The largest absolute Gasteiger partial charge is 0.395 e. The lowest BCUT2D eigenvalue weighted by atomic mass is 9.73. The summed E-state index contributed by atoms with van der Waals surface area (Å²) in [6.45, 7) is -0.432. The van der Waals surface area contributed by atoms with Gasteiger partial charge >= 0.3 is 0 Å². The zero-order valence-electron chi connectivity index (χ0n) is 7.22. The molecule has 0 aliphatic heterocycles. The number of hydrogen-bond acceptors (Lipinski definition) is 2. The number of hydrogen-bond donors (Lipinski definition) is 2. The molecule has 0 aromatic carbocycles. The standard InChI is InChI=1S/C8H13F2NO2/c9-8(10)3-1-7(5-12,2-4-8)6(11)13/h12H,1-5H2,(H2,11,13). The lowest BCUT2D eigenvalue weighted by Gasteiger charge is -2.35. The van der Waals surface area contributed by atoms with Crippen molar-refractivity contribution in [2.45, 2.75) is 31.6 Å². The molecule has 0 bridgehead atoms. The molecule has 0 aromatic heterocycles. The highest BCUT2D eigenvalue weighted by molar-refractivity contribution is 5.81. The number of rotatable bonds is 2. The summed E-state index contributed by atoms with van der Waals surface area (Å²) in [5, 5.41) is 8.94. The normalized spacial score (nSPS) is 25.5. The molecule has 1 fully saturated rings. The molecule has 0 unspecified atom stereocenters. The number of alkyl halides is 2. The van der Waals surface area contributed by atoms with Crippen molar-refractivity contribution < 1.29 is 18.7 Å². The predicted molar refractivity (Wildman–Crippen MR) is 42.1 cm³/mol. The van der Waals surface area contributed by atoms with E-state index in [1.54, 1.807) is 0 Å². The Hall–Kier alpha value is -0.710. The van der Waals surface area contributed by atoms with E-state index in [2.05, 4.69) is 0 Å². The highest BCUT2D eigenvalue weighted by atomic mass is 19.3. The van der Waals surface area contributed by atoms with Gasteiger partial charge in [-0.2, -0.15) is 0 Å². The molecule has 1 amide bonds. The number of carbonyl (C=O) groups excluding carboxylic acids is 1. The maximum absolute atomic E-state index is 12.7. The summed E-state index contributed by atoms with van der Waals surface area (Å²) < 4.78 is 25.4. The SMILES string of the molecule is NC(=O)C1(CO)CCC(F)(F)CC1. The van der Waals surface area contributed by atoms with E-state index in [1.165, 1.54) is 0 Å². The molecule has 0 aromatic rings. The first-order chi connectivity index (χ1) is 5.92. The molecule has 1 aliphatic rings. The second kappa shape index (κ2) is 3.21. The van der Waals surface area contributed by atoms with Crippen molar-refractivity contribution in [3.63, 3.8) is 0 Å². The average molecular weight is 193 g/mol. The Labute approximate surface area is 74.9 Å². The van der Waals surface area contributed by atoms with Gasteiger partial charge in [0.15, 0.2) is 0 Å². The average Bonchev–Trinajstić information content (AvgIpc) is 2.05. The predicted octanol–water partition coefficient (Wildman–Crippen LogP) is 0.660. The van der Waals surface area contributed by atoms with Crippen molar-refractivity contribution in [3.8, 4) is 0 Å². The Morgan fingerprint density at radius 3 is 2.08 bits per heavy atom. The third-order valence-electron chi connectivity index (χ3n) is 2.76. The van der Waals surface area contributed by atoms with Crippen molar-refractivity contribution in [2.24, 2.45) is 11.1 Å². The molecule has 13 heavy (non-hydrogen) atoms. The summed E-state index contributed by atoms with van der Waals surface area (Å²) in [5.74, 6) is -3.38. The van der Waals surface area contributed by atoms with Crippen molar-refractivity contribution in [3.05, 3.63) is 0 Å². The molecule has 76 valence electrons. The van der Waals surface area contributed by atoms with Crippen LogP contribution in [-0.4, -0.2) is 23.5 Å². The third-order valence-corrected chi connectivity index (χ3v) is 2.76. The zero-order valence-corrected chi connectivity index (χ0v) is 7.22. The molecule has 0 saturated heterocycles. The second-order valence-corrected chi connectivity index (χ2v) is 3.66. The molecule has 1 rings (SSSR count). The van der Waals surface area contributed by atoms with E-state index < -0.39 is 23.9 Å². The van der Waals surface area contributed by atoms with Crippen LogP contribution in [0.4, 0.5) is 8.78 Å². The third kappa shape index (κ3) is 1.96. The quantitative estimate of drug-likeness (QED) is 0.676. The summed E-state index contributed by atoms with van der Waals surface area (Å²) >= 11 is 0. The number of carbonyl (C=O) groups is 1. The first-order valence-electron chi connectivity index (χ1n) is 4.20. The lowest BCUT2D eigenvalue weighted by Crippen LogP contribution is -2.45. The molecule has 0 atom stereocenters. The van der Waals surface area contributed by atoms with E-state index in [0.717, 1.165) is 0 Å². The minimum absolute atomic E-state index is 0.0220. The second-order valence-electron chi connectivity index (χ2n) is 3.66. The van der Waals surface area contributed by atoms with Crippen LogP contribution >= 0.6 is 0 Å². The number of aliphatic hydroxyl groups is 1. The first-order valence-corrected chi connectivity index (χ1v) is 4.20. The molecule has 0 radical (unpaired) electrons. The molecule has 3 N–H and O–H groups in total. The number of aliphatic hydroxyl groups excluding tert-OH is 1. The van der Waals surface area contributed by atoms with Crippen LogP contribution < -0.4 is 5.73 Å². The fourth-order valence-electron chi connectivity index (χ4n) is 1.58. The van der Waals surface area contributed by atoms with Gasteiger partial charge in [0.2, 0.25) is 11.8 Å². The monoisotopic (exact) mass is 193 g/mol. The van der Waals surface area contributed by atoms with E-state index in [9.17, 15) is 13.6 Å². The van der Waals surface area contributed by atoms with Crippen LogP contribution in [-0.2, 0) is 4.79 Å². The van der Waals surface area contributed by atoms with Gasteiger partial charge < -0.3 is 10.8 Å². The number of primary amides is 1. The zero-order chi connectivity index (χ0) is 10.1. The molecule has 0 spiro atoms. The van der Waals surface area contributed by atoms with E-state index in [-0.39, 0.29) is 25.7 Å². The molecule has 1 aliphatic carbocycles. The Bertz CT molecular complexity index is 208. The summed E-state index contributed by atoms with van der Waals surface area (Å²) in [7, 11) is 0. The highest BCUT2D eigenvalue weighted by Crippen LogP contribution is 2.43. The van der Waals surface area contributed by atoms with Crippen LogP contribution in [0.1, 0.15) is 25.7 Å². The maximum Gasteiger partial charge on any atom is 0.248 e. The topological polar surface area (TPSA) is 63.3 Å². The van der Waals surface area contributed by atoms with Gasteiger partial charge in [0, 0.05) is 12.8 Å². The maximum atomic E-state index is 12.7. The van der Waals surface area contributed by atoms with Crippen LogP contribution in [0.25, 0.3) is 0 Å². The van der Waals surface area contributed by atoms with Crippen molar-refractivity contribution >= 4 is 5.91 Å². The van der Waals surface area contributed by atoms with E-state index in [4.69, 9.17) is 10.8 Å². The van der Waals surface area contributed by atoms with Gasteiger partial charge in [0.25, 0.3) is 0 Å². The van der Waals surface area contributed by atoms with Crippen molar-refractivity contribution in [1.29, 1.82) is 0 Å². The van der Waals surface area contributed by atoms with Gasteiger partial charge in [-0.25, -0.2) is 8.78 Å². The van der Waals surface area contributed by atoms with Crippen LogP contribution in [0, 0.1) is 5.41 Å². The van der Waals surface area contributed by atoms with E-state index in [1.807, 2.05) is 0 Å². The highest BCUT2D eigenvalue weighted by Gasteiger charge is 2.46. The minimum atomic E-state index is -2.70. The Morgan fingerprint density at radius 2 is 1.77 bits per heavy atom. The van der Waals surface area contributed by atoms with Crippen molar-refractivity contribution in [2.75, 3.05) is 6.61 Å². The summed E-state index contributed by atoms with van der Waals surface area (Å²) in [6, 6.07) is 0. The smallest absolute Gasteiger partial charge is 0.248 e. The molecular formula is C8H13F2NO2. The van der Waals surface area contributed by atoms with Crippen LogP contribution in [0.5, 0.6) is 0 Å². The fraction of sp³-hybridized carbons (Fsp3) is 0.875. The van der Waals surface area contributed by atoms with Gasteiger partial charge in [0.1, 0.15) is 0 Å². The summed E-state index contributed by atoms with van der Waals surface area (Å²) in [6.07, 6.45) is -0.773. The number of amides is 1. The Balaban J connectivity index is 2.69. The summed E-state index contributed by atoms with van der Waals surface area (Å²) in [4.78, 5) is 10.9. The van der Waals surface area contributed by atoms with Crippen LogP contribution in [0.15, 0.2) is 0 Å². The number of nitrogens with two attached hydrogens (primary N) is 1. The summed E-state index contributed by atoms with van der Waals surface area (Å²) in [5.41, 5.74) is 3.95. The molecule has 3 nitrogen and oxygen atoms in total. The minimum Gasteiger partial charge on any atom is -0.395 e. The number of halogens is 2. The van der Waals surface area contributed by atoms with E-state index >= 15 is 0 Å². The molecule has 0 heterocycles. The fourth-order valence-corrected chi connectivity index (χ4v) is 1.58. The molecular weight excluding hydrogens is 180 g/mol. The first kappa shape index (κ1) is 10.4. The van der Waals surface area contributed by atoms with Crippen molar-refractivity contribution in [1.82, 2.24) is 0 Å². The van der Waals surface area contributed by atoms with Gasteiger partial charge in [-0.15, -0.1) is 0 Å².